The monoisotopic (exact) mass is 980 g/mol. The van der Waals surface area contributed by atoms with Gasteiger partial charge in [0, 0.05) is 50.4 Å². The third-order valence-corrected chi connectivity index (χ3v) is 11.4. The van der Waals surface area contributed by atoms with Crippen LogP contribution in [0.1, 0.15) is 55.6 Å². The maximum Gasteiger partial charge on any atom is 0.291 e. The number of para-hydroxylation sites is 1. The van der Waals surface area contributed by atoms with Crippen LogP contribution in [0.15, 0.2) is 117 Å². The van der Waals surface area contributed by atoms with Crippen LogP contribution in [-0.4, -0.2) is 64.8 Å². The van der Waals surface area contributed by atoms with E-state index in [2.05, 4.69) is 57.7 Å². The van der Waals surface area contributed by atoms with Crippen molar-refractivity contribution in [2.45, 2.75) is 45.8 Å². The first kappa shape index (κ1) is 51.5. The van der Waals surface area contributed by atoms with Crippen molar-refractivity contribution in [3.63, 3.8) is 0 Å². The molecule has 7 rings (SSSR count). The maximum atomic E-state index is 12.7. The topological polar surface area (TPSA) is 300 Å². The summed E-state index contributed by atoms with van der Waals surface area (Å²) in [4.78, 5) is 40.9. The summed E-state index contributed by atoms with van der Waals surface area (Å²) < 4.78 is 6.68. The second kappa shape index (κ2) is 24.0. The molecule has 0 aliphatic rings. The lowest BCUT2D eigenvalue weighted by Crippen LogP contribution is -2.23. The van der Waals surface area contributed by atoms with Gasteiger partial charge >= 0.3 is 0 Å². The molecule has 18 heteroatoms. The Balaban J connectivity index is 1.18. The summed E-state index contributed by atoms with van der Waals surface area (Å²) in [7, 11) is 0. The number of aromatic nitrogens is 1. The zero-order valence-corrected chi connectivity index (χ0v) is 39.1. The first-order valence-electron chi connectivity index (χ1n) is 22.5. The van der Waals surface area contributed by atoms with Crippen LogP contribution in [0, 0.1) is 57.2 Å². The second-order valence-corrected chi connectivity index (χ2v) is 16.5. The molecule has 368 valence electrons. The van der Waals surface area contributed by atoms with Crippen molar-refractivity contribution < 1.29 is 35.2 Å². The summed E-state index contributed by atoms with van der Waals surface area (Å²) in [6.45, 7) is 0.519. The Labute approximate surface area is 418 Å². The molecule has 0 fully saturated rings. The number of nitroso groups, excluding NO2 is 2. The number of nitrogens with zero attached hydrogens (tertiary/aromatic N) is 5. The van der Waals surface area contributed by atoms with Gasteiger partial charge < -0.3 is 52.4 Å². The van der Waals surface area contributed by atoms with Crippen molar-refractivity contribution in [1.82, 2.24) is 14.5 Å². The molecular formula is C55H48N8O10. The molecule has 1 heterocycles. The molecule has 0 radical (unpaired) electrons. The molecule has 1 aromatic heterocycles. The molecule has 0 aliphatic heterocycles. The summed E-state index contributed by atoms with van der Waals surface area (Å²) in [5, 5.41) is 72.6. The SMILES string of the molecule is NCC#Cc1cc(O)c(CN(Cc2ccc(CN(Cc3cc(O)c(C#CCN)cc3O)Cc3cc(O)c(C#CCn4oc5ccccc5c4=O)cc3N=O)cc2)Cc2cc(O)c(C#CCN)cc2N=O)cc1O. The molecule has 7 aromatic rings. The van der Waals surface area contributed by atoms with E-state index in [-0.39, 0.29) is 139 Å². The third-order valence-electron chi connectivity index (χ3n) is 11.4. The molecule has 0 saturated heterocycles. The number of benzene rings is 6. The van der Waals surface area contributed by atoms with Crippen molar-refractivity contribution in [2.24, 2.45) is 27.6 Å². The molecule has 0 unspecified atom stereocenters. The normalized spacial score (nSPS) is 10.7. The number of hydrogen-bond donors (Lipinski definition) is 9. The van der Waals surface area contributed by atoms with Gasteiger partial charge in [0.1, 0.15) is 52.4 Å². The van der Waals surface area contributed by atoms with Gasteiger partial charge in [-0.1, -0.05) is 83.8 Å². The van der Waals surface area contributed by atoms with Gasteiger partial charge in [-0.25, -0.2) is 0 Å². The summed E-state index contributed by atoms with van der Waals surface area (Å²) in [5.41, 5.74) is 20.0. The van der Waals surface area contributed by atoms with Gasteiger partial charge in [-0.15, -0.1) is 9.81 Å². The molecule has 18 nitrogen and oxygen atoms in total. The first-order valence-corrected chi connectivity index (χ1v) is 22.5. The van der Waals surface area contributed by atoms with Crippen molar-refractivity contribution in [3.8, 4) is 81.9 Å². The lowest BCUT2D eigenvalue weighted by molar-refractivity contribution is 0.242. The lowest BCUT2D eigenvalue weighted by atomic mass is 10.0. The highest BCUT2D eigenvalue weighted by molar-refractivity contribution is 5.75. The fourth-order valence-corrected chi connectivity index (χ4v) is 7.89. The number of nitrogens with two attached hydrogens (primary N) is 3. The summed E-state index contributed by atoms with van der Waals surface area (Å²) in [6.07, 6.45) is 0. The van der Waals surface area contributed by atoms with E-state index in [4.69, 9.17) is 21.7 Å². The van der Waals surface area contributed by atoms with Gasteiger partial charge in [0.25, 0.3) is 5.56 Å². The standard InChI is InChI=1S/C55H48N8O10/c56-17-3-7-37-21-46(59-71)41(25-48(37)64)31-61(33-43-27-50(66)39(8-4-18-57)23-52(43)68)29-35-13-15-36(16-14-35)30-62(34-44-28-51(67)40(9-5-19-58)24-53(44)69)32-42-26-49(65)38(22-47(42)60-72)10-6-20-63-55(70)45-11-1-2-12-54(45)73-63/h1-2,11-16,21-28,64-69H,17-20,29-34,56-58H2. The van der Waals surface area contributed by atoms with E-state index in [9.17, 15) is 45.2 Å². The van der Waals surface area contributed by atoms with Crippen molar-refractivity contribution in [2.75, 3.05) is 19.6 Å². The predicted octanol–water partition coefficient (Wildman–Crippen LogP) is 6.01. The molecule has 0 spiro atoms. The second-order valence-electron chi connectivity index (χ2n) is 16.5. The molecule has 6 aromatic carbocycles. The molecule has 0 saturated carbocycles. The Morgan fingerprint density at radius 3 is 1.27 bits per heavy atom. The highest BCUT2D eigenvalue weighted by Crippen LogP contribution is 2.35. The van der Waals surface area contributed by atoms with Crippen LogP contribution in [0.25, 0.3) is 11.0 Å². The predicted molar refractivity (Wildman–Crippen MR) is 274 cm³/mol. The van der Waals surface area contributed by atoms with Gasteiger partial charge in [0.15, 0.2) is 5.58 Å². The summed E-state index contributed by atoms with van der Waals surface area (Å²) >= 11 is 0. The molecule has 12 N–H and O–H groups in total. The minimum absolute atomic E-state index is 0.00462. The fourth-order valence-electron chi connectivity index (χ4n) is 7.89. The van der Waals surface area contributed by atoms with Crippen LogP contribution in [0.4, 0.5) is 11.4 Å². The number of phenolic OH excluding ortho intramolecular Hbond substituents is 6. The fraction of sp³-hybridized carbons (Fsp3) is 0.182. The van der Waals surface area contributed by atoms with E-state index in [1.807, 2.05) is 34.1 Å². The van der Waals surface area contributed by atoms with E-state index >= 15 is 0 Å². The Morgan fingerprint density at radius 2 is 0.863 bits per heavy atom. The van der Waals surface area contributed by atoms with Crippen molar-refractivity contribution in [1.29, 1.82) is 0 Å². The largest absolute Gasteiger partial charge is 0.508 e. The van der Waals surface area contributed by atoms with Gasteiger partial charge in [-0.05, 0) is 93.3 Å². The van der Waals surface area contributed by atoms with E-state index in [0.29, 0.717) is 33.2 Å². The molecular weight excluding hydrogens is 933 g/mol. The number of fused-ring (bicyclic) bond motifs is 1. The van der Waals surface area contributed by atoms with Crippen LogP contribution in [0.5, 0.6) is 34.5 Å². The highest BCUT2D eigenvalue weighted by atomic mass is 16.5. The quantitative estimate of drug-likeness (QED) is 0.0323. The van der Waals surface area contributed by atoms with Crippen LogP contribution < -0.4 is 22.8 Å². The minimum atomic E-state index is -0.370. The maximum absolute atomic E-state index is 12.7. The third kappa shape index (κ3) is 12.9. The molecule has 0 amide bonds. The number of aromatic hydroxyl groups is 6. The molecule has 73 heavy (non-hydrogen) atoms. The Morgan fingerprint density at radius 1 is 0.479 bits per heavy atom. The minimum Gasteiger partial charge on any atom is -0.508 e. The zero-order valence-electron chi connectivity index (χ0n) is 39.1. The van der Waals surface area contributed by atoms with E-state index in [1.165, 1.54) is 48.5 Å². The van der Waals surface area contributed by atoms with Crippen LogP contribution in [0.3, 0.4) is 0 Å². The average molecular weight is 981 g/mol. The van der Waals surface area contributed by atoms with Gasteiger partial charge in [0.2, 0.25) is 0 Å². The zero-order chi connectivity index (χ0) is 52.0. The van der Waals surface area contributed by atoms with E-state index in [0.717, 1.165) is 15.9 Å². The first-order chi connectivity index (χ1) is 35.3. The Hall–Kier alpha value is -9.37. The van der Waals surface area contributed by atoms with E-state index < -0.39 is 0 Å². The molecule has 0 bridgehead atoms. The highest BCUT2D eigenvalue weighted by Gasteiger charge is 2.20. The summed E-state index contributed by atoms with van der Waals surface area (Å²) in [6, 6.07) is 25.1. The Kier molecular flexibility index (Phi) is 16.9. The van der Waals surface area contributed by atoms with Crippen LogP contribution >= 0.6 is 0 Å². The van der Waals surface area contributed by atoms with Gasteiger partial charge in [-0.3, -0.25) is 14.6 Å². The number of rotatable bonds is 15. The van der Waals surface area contributed by atoms with Crippen LogP contribution in [0.2, 0.25) is 0 Å². The summed E-state index contributed by atoms with van der Waals surface area (Å²) in [5.74, 6) is 20.6. The average Bonchev–Trinajstić information content (AvgIpc) is 3.70. The Bertz CT molecular complexity index is 3540. The van der Waals surface area contributed by atoms with Gasteiger partial charge in [0.05, 0.1) is 47.3 Å². The number of phenols is 6. The van der Waals surface area contributed by atoms with Gasteiger partial charge in [-0.2, -0.15) is 4.74 Å². The van der Waals surface area contributed by atoms with E-state index in [1.54, 1.807) is 24.3 Å². The smallest absolute Gasteiger partial charge is 0.291 e. The van der Waals surface area contributed by atoms with Crippen LogP contribution in [-0.2, 0) is 45.8 Å². The molecule has 0 atom stereocenters. The number of hydrogen-bond acceptors (Lipinski definition) is 17. The lowest BCUT2D eigenvalue weighted by Gasteiger charge is -2.25. The molecule has 0 aliphatic carbocycles. The van der Waals surface area contributed by atoms with Crippen molar-refractivity contribution in [3.05, 3.63) is 173 Å². The van der Waals surface area contributed by atoms with Crippen molar-refractivity contribution >= 4 is 22.3 Å².